The van der Waals surface area contributed by atoms with Gasteiger partial charge in [-0.15, -0.1) is 0 Å². The van der Waals surface area contributed by atoms with Gasteiger partial charge in [0, 0.05) is 22.5 Å². The number of amides is 1. The Morgan fingerprint density at radius 1 is 1.22 bits per heavy atom. The average Bonchev–Trinajstić information content (AvgIpc) is 3.19. The van der Waals surface area contributed by atoms with E-state index in [1.54, 1.807) is 54.3 Å². The van der Waals surface area contributed by atoms with Crippen molar-refractivity contribution in [3.63, 3.8) is 0 Å². The van der Waals surface area contributed by atoms with Crippen LogP contribution in [0.25, 0.3) is 0 Å². The number of aryl methyl sites for hydroxylation is 1. The Kier molecular flexibility index (Phi) is 5.95. The maximum absolute atomic E-state index is 13.4. The molecule has 32 heavy (non-hydrogen) atoms. The zero-order valence-corrected chi connectivity index (χ0v) is 18.8. The fourth-order valence-electron chi connectivity index (χ4n) is 3.55. The number of carbonyl (C=O) groups is 1. The third kappa shape index (κ3) is 4.21. The van der Waals surface area contributed by atoms with Crippen LogP contribution >= 0.6 is 23.8 Å². The Bertz CT molecular complexity index is 1260. The van der Waals surface area contributed by atoms with Crippen LogP contribution in [0.5, 0.6) is 0 Å². The molecule has 1 atom stereocenters. The number of benzene rings is 2. The van der Waals surface area contributed by atoms with E-state index in [4.69, 9.17) is 33.6 Å². The van der Waals surface area contributed by atoms with Crippen molar-refractivity contribution in [3.05, 3.63) is 87.8 Å². The highest BCUT2D eigenvalue weighted by Gasteiger charge is 2.35. The van der Waals surface area contributed by atoms with Crippen LogP contribution in [0.15, 0.2) is 70.4 Å². The number of carbonyl (C=O) groups excluding carboxylic acids is 1. The van der Waals surface area contributed by atoms with Gasteiger partial charge in [0.05, 0.1) is 23.2 Å². The number of nitriles is 1. The predicted molar refractivity (Wildman–Crippen MR) is 126 cm³/mol. The van der Waals surface area contributed by atoms with Crippen LogP contribution in [-0.4, -0.2) is 16.2 Å². The molecule has 1 aliphatic heterocycles. The molecule has 2 aromatic carbocycles. The fourth-order valence-corrected chi connectivity index (χ4v) is 4.03. The molecule has 0 bridgehead atoms. The molecular formula is C23H18ClN5O2S. The van der Waals surface area contributed by atoms with Crippen molar-refractivity contribution in [2.45, 2.75) is 19.9 Å². The molecule has 7 nitrogen and oxygen atoms in total. The molecule has 0 spiro atoms. The minimum Gasteiger partial charge on any atom is -0.360 e. The summed E-state index contributed by atoms with van der Waals surface area (Å²) in [4.78, 5) is 15.2. The summed E-state index contributed by atoms with van der Waals surface area (Å²) in [6, 6.07) is 17.4. The number of nitrogens with zero attached hydrogens (tertiary/aromatic N) is 3. The monoisotopic (exact) mass is 463 g/mol. The molecular weight excluding hydrogens is 446 g/mol. The van der Waals surface area contributed by atoms with E-state index in [2.05, 4.69) is 21.9 Å². The molecule has 9 heteroatoms. The predicted octanol–water partition coefficient (Wildman–Crippen LogP) is 4.86. The van der Waals surface area contributed by atoms with Crippen LogP contribution in [0.4, 0.5) is 11.5 Å². The van der Waals surface area contributed by atoms with Crippen molar-refractivity contribution in [1.82, 2.24) is 10.5 Å². The van der Waals surface area contributed by atoms with Crippen molar-refractivity contribution in [2.24, 2.45) is 0 Å². The molecule has 0 radical (unpaired) electrons. The molecule has 1 aliphatic rings. The highest BCUT2D eigenvalue weighted by Crippen LogP contribution is 2.34. The molecule has 2 N–H and O–H groups in total. The van der Waals surface area contributed by atoms with Crippen LogP contribution in [0.3, 0.4) is 0 Å². The lowest BCUT2D eigenvalue weighted by atomic mass is 9.93. The molecule has 3 aromatic rings. The van der Waals surface area contributed by atoms with E-state index in [9.17, 15) is 4.79 Å². The number of halogens is 1. The largest absolute Gasteiger partial charge is 0.360 e. The Labute approximate surface area is 195 Å². The topological polar surface area (TPSA) is 94.2 Å². The number of allylic oxidation sites excluding steroid dienone is 1. The van der Waals surface area contributed by atoms with E-state index in [1.165, 1.54) is 0 Å². The standard InChI is InChI=1S/C23H18ClN5O2S/c1-13-11-19(28-31-13)26-22(30)20-14(2)29(18-9-7-17(24)8-10-18)23(32)27-21(20)16-5-3-15(12-25)4-6-16/h3-11,21H,1-2H3,(H,27,32)(H,26,28,30)/t21-/m1/s1. The van der Waals surface area contributed by atoms with Crippen LogP contribution in [-0.2, 0) is 4.79 Å². The van der Waals surface area contributed by atoms with Gasteiger partial charge in [-0.2, -0.15) is 5.26 Å². The number of thiocarbonyl (C=S) groups is 1. The number of rotatable bonds is 4. The Hall–Kier alpha value is -3.67. The molecule has 160 valence electrons. The van der Waals surface area contributed by atoms with Gasteiger partial charge in [-0.25, -0.2) is 0 Å². The maximum atomic E-state index is 13.4. The second-order valence-corrected chi connectivity index (χ2v) is 8.03. The number of nitrogens with one attached hydrogen (secondary N) is 2. The highest BCUT2D eigenvalue weighted by molar-refractivity contribution is 7.80. The Morgan fingerprint density at radius 3 is 2.50 bits per heavy atom. The second-order valence-electron chi connectivity index (χ2n) is 7.20. The first-order valence-electron chi connectivity index (χ1n) is 9.69. The van der Waals surface area contributed by atoms with E-state index in [0.29, 0.717) is 38.5 Å². The summed E-state index contributed by atoms with van der Waals surface area (Å²) < 4.78 is 5.06. The minimum atomic E-state index is -0.521. The molecule has 0 unspecified atom stereocenters. The van der Waals surface area contributed by atoms with Gasteiger partial charge >= 0.3 is 0 Å². The summed E-state index contributed by atoms with van der Waals surface area (Å²) in [7, 11) is 0. The number of hydrogen-bond donors (Lipinski definition) is 2. The van der Waals surface area contributed by atoms with E-state index in [-0.39, 0.29) is 5.91 Å². The van der Waals surface area contributed by atoms with Gasteiger partial charge in [0.2, 0.25) is 0 Å². The summed E-state index contributed by atoms with van der Waals surface area (Å²) >= 11 is 11.7. The number of hydrogen-bond acceptors (Lipinski definition) is 5. The smallest absolute Gasteiger partial charge is 0.257 e. The van der Waals surface area contributed by atoms with E-state index in [0.717, 1.165) is 11.3 Å². The van der Waals surface area contributed by atoms with Gasteiger partial charge in [-0.1, -0.05) is 28.9 Å². The SMILES string of the molecule is CC1=C(C(=O)Nc2cc(C)on2)[C@@H](c2ccc(C#N)cc2)NC(=S)N1c1ccc(Cl)cc1. The number of aromatic nitrogens is 1. The van der Waals surface area contributed by atoms with E-state index >= 15 is 0 Å². The second kappa shape index (κ2) is 8.83. The van der Waals surface area contributed by atoms with Gasteiger partial charge < -0.3 is 15.2 Å². The number of anilines is 2. The quantitative estimate of drug-likeness (QED) is 0.533. The van der Waals surface area contributed by atoms with Crippen LogP contribution in [0.2, 0.25) is 5.02 Å². The van der Waals surface area contributed by atoms with Crippen molar-refractivity contribution in [2.75, 3.05) is 10.2 Å². The first-order valence-corrected chi connectivity index (χ1v) is 10.5. The highest BCUT2D eigenvalue weighted by atomic mass is 35.5. The normalized spacial score (nSPS) is 15.9. The van der Waals surface area contributed by atoms with Gasteiger partial charge in [0.15, 0.2) is 10.9 Å². The lowest BCUT2D eigenvalue weighted by Gasteiger charge is -2.37. The summed E-state index contributed by atoms with van der Waals surface area (Å²) in [5.74, 6) is 0.553. The lowest BCUT2D eigenvalue weighted by Crippen LogP contribution is -2.48. The fraction of sp³-hybridized carbons (Fsp3) is 0.130. The van der Waals surface area contributed by atoms with Gasteiger partial charge in [-0.05, 0) is 68.0 Å². The third-order valence-corrected chi connectivity index (χ3v) is 5.61. The van der Waals surface area contributed by atoms with E-state index in [1.807, 2.05) is 19.1 Å². The van der Waals surface area contributed by atoms with Crippen molar-refractivity contribution >= 4 is 46.3 Å². The zero-order chi connectivity index (χ0) is 22.8. The average molecular weight is 464 g/mol. The zero-order valence-electron chi connectivity index (χ0n) is 17.2. The lowest BCUT2D eigenvalue weighted by molar-refractivity contribution is -0.113. The summed E-state index contributed by atoms with van der Waals surface area (Å²) in [5, 5.41) is 20.1. The Balaban J connectivity index is 1.80. The van der Waals surface area contributed by atoms with Crippen molar-refractivity contribution < 1.29 is 9.32 Å². The van der Waals surface area contributed by atoms with E-state index < -0.39 is 6.04 Å². The third-order valence-electron chi connectivity index (χ3n) is 5.06. The molecule has 2 heterocycles. The molecule has 4 rings (SSSR count). The van der Waals surface area contributed by atoms with Gasteiger partial charge in [0.1, 0.15) is 5.76 Å². The van der Waals surface area contributed by atoms with Gasteiger partial charge in [-0.3, -0.25) is 9.69 Å². The van der Waals surface area contributed by atoms with Crippen molar-refractivity contribution in [1.29, 1.82) is 5.26 Å². The van der Waals surface area contributed by atoms with Gasteiger partial charge in [0.25, 0.3) is 5.91 Å². The Morgan fingerprint density at radius 2 is 1.91 bits per heavy atom. The summed E-state index contributed by atoms with van der Waals surface area (Å²) in [6.07, 6.45) is 0. The molecule has 0 fully saturated rings. The molecule has 0 aliphatic carbocycles. The maximum Gasteiger partial charge on any atom is 0.257 e. The molecule has 1 amide bonds. The van der Waals surface area contributed by atoms with Crippen LogP contribution in [0.1, 0.15) is 29.9 Å². The summed E-state index contributed by atoms with van der Waals surface area (Å²) in [6.45, 7) is 3.58. The van der Waals surface area contributed by atoms with Crippen molar-refractivity contribution in [3.8, 4) is 6.07 Å². The van der Waals surface area contributed by atoms with Crippen LogP contribution < -0.4 is 15.5 Å². The first kappa shape index (κ1) is 21.6. The summed E-state index contributed by atoms with van der Waals surface area (Å²) in [5.41, 5.74) is 3.20. The molecule has 0 saturated carbocycles. The first-order chi connectivity index (χ1) is 15.4. The molecule has 0 saturated heterocycles. The van der Waals surface area contributed by atoms with Crippen LogP contribution in [0, 0.1) is 18.3 Å². The molecule has 1 aromatic heterocycles. The minimum absolute atomic E-state index is 0.317.